The molecular weight excluding hydrogens is 334 g/mol. The Bertz CT molecular complexity index is 428. The fourth-order valence-corrected chi connectivity index (χ4v) is 3.63. The van der Waals surface area contributed by atoms with Crippen molar-refractivity contribution < 1.29 is 24.2 Å². The van der Waals surface area contributed by atoms with Gasteiger partial charge in [0.15, 0.2) is 0 Å². The van der Waals surface area contributed by atoms with E-state index in [4.69, 9.17) is 9.47 Å². The molecule has 0 saturated carbocycles. The van der Waals surface area contributed by atoms with Gasteiger partial charge in [0, 0.05) is 18.6 Å². The molecule has 0 aromatic rings. The molecule has 0 saturated heterocycles. The summed E-state index contributed by atoms with van der Waals surface area (Å²) < 4.78 is 10.4. The second kappa shape index (κ2) is 12.3. The smallest absolute Gasteiger partial charge is 0.309 e. The molecule has 0 spiro atoms. The fraction of sp³-hybridized carbons (Fsp3) is 0.900. The van der Waals surface area contributed by atoms with Gasteiger partial charge in [0.25, 0.3) is 0 Å². The second-order valence-corrected chi connectivity index (χ2v) is 7.62. The number of aliphatic carboxylic acids is 1. The number of hydrogen-bond donors (Lipinski definition) is 2. The van der Waals surface area contributed by atoms with Crippen molar-refractivity contribution in [2.75, 3.05) is 26.9 Å². The Morgan fingerprint density at radius 3 is 2.19 bits per heavy atom. The highest BCUT2D eigenvalue weighted by molar-refractivity contribution is 5.84. The van der Waals surface area contributed by atoms with E-state index in [0.29, 0.717) is 45.5 Å². The monoisotopic (exact) mass is 373 g/mol. The lowest BCUT2D eigenvalue weighted by atomic mass is 9.66. The molecule has 0 aromatic heterocycles. The zero-order valence-electron chi connectivity index (χ0n) is 17.5. The minimum atomic E-state index is -0.853. The lowest BCUT2D eigenvalue weighted by Gasteiger charge is -2.38. The van der Waals surface area contributed by atoms with Crippen LogP contribution in [0.25, 0.3) is 0 Å². The van der Waals surface area contributed by atoms with Gasteiger partial charge in [-0.15, -0.1) is 0 Å². The van der Waals surface area contributed by atoms with E-state index in [1.807, 2.05) is 34.6 Å². The lowest BCUT2D eigenvalue weighted by molar-refractivity contribution is -0.154. The number of carboxylic acid groups (broad SMARTS) is 1. The summed E-state index contributed by atoms with van der Waals surface area (Å²) in [6.07, 6.45) is 3.74. The number of hydrogen-bond acceptors (Lipinski definition) is 4. The van der Waals surface area contributed by atoms with Gasteiger partial charge in [-0.1, -0.05) is 40.5 Å². The van der Waals surface area contributed by atoms with E-state index in [-0.39, 0.29) is 11.9 Å². The summed E-state index contributed by atoms with van der Waals surface area (Å²) in [4.78, 5) is 25.0. The number of ether oxygens (including phenoxy) is 2. The van der Waals surface area contributed by atoms with Gasteiger partial charge in [-0.25, -0.2) is 0 Å². The topological polar surface area (TPSA) is 84.9 Å². The van der Waals surface area contributed by atoms with E-state index >= 15 is 0 Å². The van der Waals surface area contributed by atoms with Crippen LogP contribution in [0.3, 0.4) is 0 Å². The molecule has 6 heteroatoms. The van der Waals surface area contributed by atoms with Crippen molar-refractivity contribution in [2.24, 2.45) is 10.8 Å². The molecule has 0 fully saturated rings. The SMILES string of the molecule is CCCC(C)(CC(CC)(CCC)C(=O)O)C(=O)NC(C)COCCOC. The molecule has 0 aliphatic carbocycles. The molecule has 0 rings (SSSR count). The third-order valence-corrected chi connectivity index (χ3v) is 5.11. The van der Waals surface area contributed by atoms with Gasteiger partial charge < -0.3 is 19.9 Å². The van der Waals surface area contributed by atoms with Crippen LogP contribution in [-0.4, -0.2) is 50.0 Å². The first-order valence-corrected chi connectivity index (χ1v) is 9.82. The van der Waals surface area contributed by atoms with E-state index in [9.17, 15) is 14.7 Å². The van der Waals surface area contributed by atoms with Crippen LogP contribution in [-0.2, 0) is 19.1 Å². The van der Waals surface area contributed by atoms with Gasteiger partial charge >= 0.3 is 5.97 Å². The first kappa shape index (κ1) is 24.9. The van der Waals surface area contributed by atoms with E-state index in [1.54, 1.807) is 7.11 Å². The maximum absolute atomic E-state index is 13.0. The number of nitrogens with one attached hydrogen (secondary N) is 1. The molecule has 3 unspecified atom stereocenters. The molecule has 0 heterocycles. The highest BCUT2D eigenvalue weighted by atomic mass is 16.5. The first-order chi connectivity index (χ1) is 12.2. The highest BCUT2D eigenvalue weighted by Gasteiger charge is 2.45. The van der Waals surface area contributed by atoms with Crippen LogP contribution in [0.2, 0.25) is 0 Å². The Morgan fingerprint density at radius 2 is 1.73 bits per heavy atom. The summed E-state index contributed by atoms with van der Waals surface area (Å²) in [5.41, 5.74) is -1.56. The second-order valence-electron chi connectivity index (χ2n) is 7.62. The van der Waals surface area contributed by atoms with Gasteiger partial charge in [-0.3, -0.25) is 9.59 Å². The number of methoxy groups -OCH3 is 1. The van der Waals surface area contributed by atoms with Crippen molar-refractivity contribution in [3.8, 4) is 0 Å². The molecule has 26 heavy (non-hydrogen) atoms. The molecular formula is C20H39NO5. The lowest BCUT2D eigenvalue weighted by Crippen LogP contribution is -2.48. The molecule has 0 aliphatic rings. The minimum absolute atomic E-state index is 0.0858. The van der Waals surface area contributed by atoms with Crippen LogP contribution in [0, 0.1) is 10.8 Å². The Balaban J connectivity index is 5.13. The van der Waals surface area contributed by atoms with Gasteiger partial charge in [-0.05, 0) is 32.6 Å². The van der Waals surface area contributed by atoms with Crippen LogP contribution >= 0.6 is 0 Å². The average Bonchev–Trinajstić information content (AvgIpc) is 2.58. The maximum Gasteiger partial charge on any atom is 0.309 e. The Hall–Kier alpha value is -1.14. The summed E-state index contributed by atoms with van der Waals surface area (Å²) in [5, 5.41) is 12.9. The fourth-order valence-electron chi connectivity index (χ4n) is 3.63. The van der Waals surface area contributed by atoms with Crippen molar-refractivity contribution in [1.82, 2.24) is 5.32 Å². The Kier molecular flexibility index (Phi) is 11.7. The number of rotatable bonds is 15. The van der Waals surface area contributed by atoms with Gasteiger partial charge in [0.1, 0.15) is 0 Å². The number of amides is 1. The van der Waals surface area contributed by atoms with Crippen LogP contribution in [0.1, 0.15) is 73.1 Å². The largest absolute Gasteiger partial charge is 0.481 e. The van der Waals surface area contributed by atoms with Gasteiger partial charge in [0.05, 0.1) is 25.2 Å². The highest BCUT2D eigenvalue weighted by Crippen LogP contribution is 2.43. The maximum atomic E-state index is 13.0. The molecule has 0 radical (unpaired) electrons. The number of carbonyl (C=O) groups is 2. The summed E-state index contributed by atoms with van der Waals surface area (Å²) in [5.74, 6) is -0.884. The van der Waals surface area contributed by atoms with E-state index in [2.05, 4.69) is 5.32 Å². The Labute approximate surface area is 159 Å². The van der Waals surface area contributed by atoms with E-state index < -0.39 is 16.8 Å². The average molecular weight is 374 g/mol. The van der Waals surface area contributed by atoms with E-state index in [1.165, 1.54) is 0 Å². The van der Waals surface area contributed by atoms with Crippen molar-refractivity contribution in [2.45, 2.75) is 79.2 Å². The van der Waals surface area contributed by atoms with Crippen LogP contribution < -0.4 is 5.32 Å². The quantitative estimate of drug-likeness (QED) is 0.428. The predicted molar refractivity (Wildman–Crippen MR) is 103 cm³/mol. The van der Waals surface area contributed by atoms with Gasteiger partial charge in [0.2, 0.25) is 5.91 Å². The van der Waals surface area contributed by atoms with Crippen LogP contribution in [0.5, 0.6) is 0 Å². The standard InChI is InChI=1S/C20H39NO5/c1-7-10-19(5,15-20(9-3,11-8-2)18(23)24)17(22)21-16(4)14-26-13-12-25-6/h16H,7-15H2,1-6H3,(H,21,22)(H,23,24). The summed E-state index contributed by atoms with van der Waals surface area (Å²) in [6.45, 7) is 11.1. The molecule has 0 aliphatic heterocycles. The molecule has 0 bridgehead atoms. The van der Waals surface area contributed by atoms with Gasteiger partial charge in [-0.2, -0.15) is 0 Å². The molecule has 154 valence electrons. The zero-order valence-corrected chi connectivity index (χ0v) is 17.5. The first-order valence-electron chi connectivity index (χ1n) is 9.82. The van der Waals surface area contributed by atoms with Crippen molar-refractivity contribution in [1.29, 1.82) is 0 Å². The van der Waals surface area contributed by atoms with Crippen molar-refractivity contribution in [3.05, 3.63) is 0 Å². The summed E-state index contributed by atoms with van der Waals surface area (Å²) in [7, 11) is 1.61. The predicted octanol–water partition coefficient (Wildman–Crippen LogP) is 3.63. The number of carbonyl (C=O) groups excluding carboxylic acids is 1. The van der Waals surface area contributed by atoms with Crippen LogP contribution in [0.4, 0.5) is 0 Å². The third-order valence-electron chi connectivity index (χ3n) is 5.11. The minimum Gasteiger partial charge on any atom is -0.481 e. The molecule has 2 N–H and O–H groups in total. The molecule has 6 nitrogen and oxygen atoms in total. The normalized spacial score (nSPS) is 17.2. The third kappa shape index (κ3) is 7.62. The molecule has 1 amide bonds. The van der Waals surface area contributed by atoms with Crippen LogP contribution in [0.15, 0.2) is 0 Å². The van der Waals surface area contributed by atoms with Crippen molar-refractivity contribution >= 4 is 11.9 Å². The molecule has 0 aromatic carbocycles. The Morgan fingerprint density at radius 1 is 1.12 bits per heavy atom. The zero-order chi connectivity index (χ0) is 20.2. The number of carboxylic acids is 1. The molecule has 3 atom stereocenters. The summed E-state index contributed by atoms with van der Waals surface area (Å²) >= 11 is 0. The summed E-state index contributed by atoms with van der Waals surface area (Å²) in [6, 6.07) is -0.137. The van der Waals surface area contributed by atoms with Crippen molar-refractivity contribution in [3.63, 3.8) is 0 Å². The van der Waals surface area contributed by atoms with E-state index in [0.717, 1.165) is 12.8 Å².